The molecule has 1 atom stereocenters. The first-order chi connectivity index (χ1) is 8.06. The third-order valence-electron chi connectivity index (χ3n) is 2.15. The minimum atomic E-state index is -0.592. The molecule has 0 aromatic carbocycles. The maximum Gasteiger partial charge on any atom is 0.239 e. The van der Waals surface area contributed by atoms with E-state index in [1.54, 1.807) is 6.92 Å². The van der Waals surface area contributed by atoms with E-state index in [9.17, 15) is 4.79 Å². The zero-order valence-corrected chi connectivity index (χ0v) is 10.9. The Labute approximate surface area is 103 Å². The first kappa shape index (κ1) is 16.3. The van der Waals surface area contributed by atoms with Crippen molar-refractivity contribution in [2.24, 2.45) is 5.73 Å². The molecule has 0 radical (unpaired) electrons. The van der Waals surface area contributed by atoms with E-state index in [0.717, 1.165) is 0 Å². The Morgan fingerprint density at radius 1 is 1.35 bits per heavy atom. The third-order valence-corrected chi connectivity index (χ3v) is 2.15. The van der Waals surface area contributed by atoms with Crippen molar-refractivity contribution in [3.05, 3.63) is 0 Å². The molecule has 0 rings (SSSR count). The zero-order valence-electron chi connectivity index (χ0n) is 10.9. The smallest absolute Gasteiger partial charge is 0.239 e. The van der Waals surface area contributed by atoms with Gasteiger partial charge in [0, 0.05) is 19.8 Å². The average molecular weight is 248 g/mol. The quantitative estimate of drug-likeness (QED) is 0.540. The first-order valence-corrected chi connectivity index (χ1v) is 5.95. The Kier molecular flexibility index (Phi) is 8.97. The van der Waals surface area contributed by atoms with E-state index in [-0.39, 0.29) is 25.6 Å². The highest BCUT2D eigenvalue weighted by atomic mass is 16.7. The number of rotatable bonds is 9. The molecule has 3 N–H and O–H groups in total. The SMILES string of the molecule is CCOC(CN(CCO)C(=O)[C@H](C)N)OCC. The molecule has 0 spiro atoms. The standard InChI is InChI=1S/C11H24N2O4/c1-4-16-10(17-5-2)8-13(6-7-14)11(15)9(3)12/h9-10,14H,4-8,12H2,1-3H3/t9-/m0/s1. The summed E-state index contributed by atoms with van der Waals surface area (Å²) >= 11 is 0. The lowest BCUT2D eigenvalue weighted by molar-refractivity contribution is -0.160. The summed E-state index contributed by atoms with van der Waals surface area (Å²) in [5, 5.41) is 8.92. The highest BCUT2D eigenvalue weighted by molar-refractivity contribution is 5.81. The largest absolute Gasteiger partial charge is 0.395 e. The van der Waals surface area contributed by atoms with Gasteiger partial charge < -0.3 is 25.2 Å². The number of carbonyl (C=O) groups is 1. The number of aliphatic hydroxyl groups excluding tert-OH is 1. The van der Waals surface area contributed by atoms with Crippen LogP contribution >= 0.6 is 0 Å². The number of nitrogens with zero attached hydrogens (tertiary/aromatic N) is 1. The number of hydrogen-bond acceptors (Lipinski definition) is 5. The summed E-state index contributed by atoms with van der Waals surface area (Å²) in [6.07, 6.45) is -0.473. The van der Waals surface area contributed by atoms with E-state index in [0.29, 0.717) is 13.2 Å². The molecule has 0 bridgehead atoms. The summed E-state index contributed by atoms with van der Waals surface area (Å²) in [4.78, 5) is 13.2. The van der Waals surface area contributed by atoms with Crippen LogP contribution in [0.3, 0.4) is 0 Å². The predicted molar refractivity (Wildman–Crippen MR) is 64.4 cm³/mol. The van der Waals surface area contributed by atoms with Crippen LogP contribution in [0.2, 0.25) is 0 Å². The van der Waals surface area contributed by atoms with Gasteiger partial charge in [0.2, 0.25) is 5.91 Å². The molecular weight excluding hydrogens is 224 g/mol. The van der Waals surface area contributed by atoms with Crippen molar-refractivity contribution >= 4 is 5.91 Å². The topological polar surface area (TPSA) is 85.0 Å². The molecule has 0 aliphatic carbocycles. The average Bonchev–Trinajstić information content (AvgIpc) is 2.28. The molecule has 0 aromatic heterocycles. The van der Waals surface area contributed by atoms with E-state index >= 15 is 0 Å². The minimum absolute atomic E-state index is 0.108. The molecule has 17 heavy (non-hydrogen) atoms. The van der Waals surface area contributed by atoms with Gasteiger partial charge in [-0.2, -0.15) is 0 Å². The molecule has 0 heterocycles. The van der Waals surface area contributed by atoms with Gasteiger partial charge in [0.15, 0.2) is 6.29 Å². The lowest BCUT2D eigenvalue weighted by Gasteiger charge is -2.28. The van der Waals surface area contributed by atoms with Crippen LogP contribution in [0.1, 0.15) is 20.8 Å². The van der Waals surface area contributed by atoms with Gasteiger partial charge in [0.1, 0.15) is 0 Å². The molecule has 6 heteroatoms. The lowest BCUT2D eigenvalue weighted by Crippen LogP contribution is -2.47. The third kappa shape index (κ3) is 6.58. The second kappa shape index (κ2) is 9.35. The normalized spacial score (nSPS) is 12.8. The number of aliphatic hydroxyl groups is 1. The number of carbonyl (C=O) groups excluding carboxylic acids is 1. The van der Waals surface area contributed by atoms with Crippen molar-refractivity contribution in [3.63, 3.8) is 0 Å². The highest BCUT2D eigenvalue weighted by Crippen LogP contribution is 2.02. The first-order valence-electron chi connectivity index (χ1n) is 5.95. The summed E-state index contributed by atoms with van der Waals surface area (Å²) in [7, 11) is 0. The van der Waals surface area contributed by atoms with Gasteiger partial charge in [-0.25, -0.2) is 0 Å². The van der Waals surface area contributed by atoms with Crippen LogP contribution in [0, 0.1) is 0 Å². The molecule has 0 unspecified atom stereocenters. The maximum atomic E-state index is 11.8. The van der Waals surface area contributed by atoms with Gasteiger partial charge in [0.25, 0.3) is 0 Å². The van der Waals surface area contributed by atoms with E-state index in [2.05, 4.69) is 0 Å². The Hall–Kier alpha value is -0.690. The van der Waals surface area contributed by atoms with Crippen molar-refractivity contribution < 1.29 is 19.4 Å². The van der Waals surface area contributed by atoms with Gasteiger partial charge in [0.05, 0.1) is 19.2 Å². The Morgan fingerprint density at radius 3 is 2.24 bits per heavy atom. The van der Waals surface area contributed by atoms with E-state index < -0.39 is 12.3 Å². The number of ether oxygens (including phenoxy) is 2. The van der Waals surface area contributed by atoms with Crippen LogP contribution in [0.25, 0.3) is 0 Å². The van der Waals surface area contributed by atoms with Gasteiger partial charge in [-0.05, 0) is 20.8 Å². The molecule has 102 valence electrons. The molecular formula is C11H24N2O4. The minimum Gasteiger partial charge on any atom is -0.395 e. The van der Waals surface area contributed by atoms with Crippen LogP contribution in [0.5, 0.6) is 0 Å². The molecule has 1 amide bonds. The summed E-state index contributed by atoms with van der Waals surface area (Å²) in [5.41, 5.74) is 5.54. The van der Waals surface area contributed by atoms with Gasteiger partial charge in [-0.15, -0.1) is 0 Å². The van der Waals surface area contributed by atoms with Crippen molar-refractivity contribution in [1.29, 1.82) is 0 Å². The Balaban J connectivity index is 4.42. The molecule has 0 saturated carbocycles. The fourth-order valence-corrected chi connectivity index (χ4v) is 1.41. The van der Waals surface area contributed by atoms with Crippen molar-refractivity contribution in [2.75, 3.05) is 32.9 Å². The lowest BCUT2D eigenvalue weighted by atomic mass is 10.3. The van der Waals surface area contributed by atoms with Crippen LogP contribution in [-0.2, 0) is 14.3 Å². The van der Waals surface area contributed by atoms with Crippen LogP contribution in [-0.4, -0.2) is 61.2 Å². The zero-order chi connectivity index (χ0) is 13.3. The summed E-state index contributed by atoms with van der Waals surface area (Å²) < 4.78 is 10.7. The molecule has 0 aromatic rings. The van der Waals surface area contributed by atoms with Crippen LogP contribution < -0.4 is 5.73 Å². The van der Waals surface area contributed by atoms with E-state index in [4.69, 9.17) is 20.3 Å². The predicted octanol–water partition coefficient (Wildman–Crippen LogP) is -0.446. The number of nitrogens with two attached hydrogens (primary N) is 1. The van der Waals surface area contributed by atoms with Crippen LogP contribution in [0.4, 0.5) is 0 Å². The summed E-state index contributed by atoms with van der Waals surface area (Å²) in [6, 6.07) is -0.592. The molecule has 0 aliphatic heterocycles. The summed E-state index contributed by atoms with van der Waals surface area (Å²) in [6.45, 7) is 6.74. The Morgan fingerprint density at radius 2 is 1.88 bits per heavy atom. The van der Waals surface area contributed by atoms with Gasteiger partial charge in [-0.1, -0.05) is 0 Å². The van der Waals surface area contributed by atoms with Crippen LogP contribution in [0.15, 0.2) is 0 Å². The fourth-order valence-electron chi connectivity index (χ4n) is 1.41. The number of hydrogen-bond donors (Lipinski definition) is 2. The Bertz CT molecular complexity index is 206. The van der Waals surface area contributed by atoms with Gasteiger partial charge >= 0.3 is 0 Å². The maximum absolute atomic E-state index is 11.8. The van der Waals surface area contributed by atoms with Crippen molar-refractivity contribution in [1.82, 2.24) is 4.90 Å². The van der Waals surface area contributed by atoms with Crippen molar-refractivity contribution in [2.45, 2.75) is 33.1 Å². The number of amides is 1. The molecule has 0 aliphatic rings. The van der Waals surface area contributed by atoms with E-state index in [1.807, 2.05) is 13.8 Å². The molecule has 0 saturated heterocycles. The highest BCUT2D eigenvalue weighted by Gasteiger charge is 2.21. The van der Waals surface area contributed by atoms with Gasteiger partial charge in [-0.3, -0.25) is 4.79 Å². The van der Waals surface area contributed by atoms with E-state index in [1.165, 1.54) is 4.90 Å². The second-order valence-corrected chi connectivity index (χ2v) is 3.64. The van der Waals surface area contributed by atoms with Crippen molar-refractivity contribution in [3.8, 4) is 0 Å². The second-order valence-electron chi connectivity index (χ2n) is 3.64. The monoisotopic (exact) mass is 248 g/mol. The molecule has 6 nitrogen and oxygen atoms in total. The molecule has 0 fully saturated rings. The summed E-state index contributed by atoms with van der Waals surface area (Å²) in [5.74, 6) is -0.219. The fraction of sp³-hybridized carbons (Fsp3) is 0.909.